The van der Waals surface area contributed by atoms with E-state index in [4.69, 9.17) is 4.74 Å². The van der Waals surface area contributed by atoms with E-state index in [1.54, 1.807) is 21.8 Å². The molecule has 0 N–H and O–H groups in total. The van der Waals surface area contributed by atoms with Gasteiger partial charge in [-0.05, 0) is 55.9 Å². The predicted molar refractivity (Wildman–Crippen MR) is 116 cm³/mol. The molecule has 1 aromatic rings. The fourth-order valence-electron chi connectivity index (χ4n) is 6.23. The van der Waals surface area contributed by atoms with Gasteiger partial charge in [-0.3, -0.25) is 9.59 Å². The van der Waals surface area contributed by atoms with Gasteiger partial charge in [-0.25, -0.2) is 8.42 Å². The van der Waals surface area contributed by atoms with Crippen LogP contribution in [0.4, 0.5) is 0 Å². The number of sulfonamides is 1. The molecule has 4 heterocycles. The zero-order valence-corrected chi connectivity index (χ0v) is 20.0. The minimum absolute atomic E-state index is 0.0531. The number of likely N-dealkylation sites (tertiary alicyclic amines) is 1. The molecule has 170 valence electrons. The van der Waals surface area contributed by atoms with Gasteiger partial charge < -0.3 is 9.64 Å². The highest BCUT2D eigenvalue weighted by Crippen LogP contribution is 2.66. The van der Waals surface area contributed by atoms with Gasteiger partial charge in [0, 0.05) is 31.6 Å². The molecule has 5 rings (SSSR count). The second-order valence-corrected chi connectivity index (χ2v) is 13.6. The van der Waals surface area contributed by atoms with E-state index in [-0.39, 0.29) is 17.3 Å². The lowest BCUT2D eigenvalue weighted by Crippen LogP contribution is -2.55. The summed E-state index contributed by atoms with van der Waals surface area (Å²) in [5, 5.41) is 1.78. The molecule has 2 bridgehead atoms. The Morgan fingerprint density at radius 1 is 1.06 bits per heavy atom. The maximum absolute atomic E-state index is 13.7. The summed E-state index contributed by atoms with van der Waals surface area (Å²) in [6.07, 6.45) is 3.62. The number of fused-ring (bicyclic) bond motifs is 2. The van der Waals surface area contributed by atoms with Gasteiger partial charge >= 0.3 is 5.97 Å². The second-order valence-electron chi connectivity index (χ2n) is 10.5. The average Bonchev–Trinajstić information content (AvgIpc) is 3.46. The van der Waals surface area contributed by atoms with Crippen LogP contribution in [0.15, 0.2) is 21.7 Å². The van der Waals surface area contributed by atoms with E-state index in [1.807, 2.05) is 25.7 Å². The van der Waals surface area contributed by atoms with Crippen LogP contribution < -0.4 is 0 Å². The Labute approximate surface area is 187 Å². The van der Waals surface area contributed by atoms with Crippen molar-refractivity contribution in [2.45, 2.75) is 62.7 Å². The van der Waals surface area contributed by atoms with Crippen LogP contribution in [0.2, 0.25) is 0 Å². The number of esters is 1. The molecule has 4 fully saturated rings. The molecule has 0 radical (unpaired) electrons. The van der Waals surface area contributed by atoms with Gasteiger partial charge in [-0.15, -0.1) is 11.3 Å². The molecule has 3 aliphatic heterocycles. The molecule has 7 nitrogen and oxygen atoms in total. The first kappa shape index (κ1) is 21.4. The number of amides is 1. The average molecular weight is 467 g/mol. The van der Waals surface area contributed by atoms with Crippen molar-refractivity contribution in [2.75, 3.05) is 26.2 Å². The normalized spacial score (nSPS) is 34.4. The fourth-order valence-corrected chi connectivity index (χ4v) is 8.82. The molecule has 1 aromatic heterocycles. The van der Waals surface area contributed by atoms with Crippen molar-refractivity contribution in [3.05, 3.63) is 17.5 Å². The molecule has 1 amide bonds. The summed E-state index contributed by atoms with van der Waals surface area (Å²) in [6.45, 7) is 8.11. The number of thiophene rings is 1. The number of carbonyl (C=O) groups is 2. The Hall–Kier alpha value is -1.45. The standard InChI is InChI=1S/C22H30N2O5S2/c1-19(2)20(3)6-7-22(19,29-18(20)26)17(25)23-11-8-21(15-23)9-12-24(13-10-21)31(27,28)16-5-4-14-30-16/h4-5,14H,6-13,15H2,1-3H3. The molecule has 1 spiro atoms. The van der Waals surface area contributed by atoms with Crippen molar-refractivity contribution in [3.63, 3.8) is 0 Å². The van der Waals surface area contributed by atoms with E-state index in [1.165, 1.54) is 11.3 Å². The SMILES string of the molecule is CC12CCC(C(=O)N3CCC4(CCN(S(=O)(=O)c5cccs5)CC4)C3)(OC1=O)C2(C)C. The Morgan fingerprint density at radius 2 is 1.74 bits per heavy atom. The molecule has 0 aromatic carbocycles. The third-order valence-corrected chi connectivity index (χ3v) is 12.3. The first-order valence-corrected chi connectivity index (χ1v) is 13.4. The van der Waals surface area contributed by atoms with Crippen molar-refractivity contribution in [2.24, 2.45) is 16.2 Å². The maximum atomic E-state index is 13.7. The minimum Gasteiger partial charge on any atom is -0.448 e. The van der Waals surface area contributed by atoms with Gasteiger partial charge in [0.05, 0.1) is 5.41 Å². The van der Waals surface area contributed by atoms with Gasteiger partial charge in [0.15, 0.2) is 5.60 Å². The third-order valence-electron chi connectivity index (χ3n) is 9.03. The summed E-state index contributed by atoms with van der Waals surface area (Å²) in [5.41, 5.74) is -2.26. The predicted octanol–water partition coefficient (Wildman–Crippen LogP) is 2.87. The van der Waals surface area contributed by atoms with Crippen molar-refractivity contribution in [1.29, 1.82) is 0 Å². The van der Waals surface area contributed by atoms with Crippen LogP contribution in [0.1, 0.15) is 52.9 Å². The molecule has 1 aliphatic carbocycles. The lowest BCUT2D eigenvalue weighted by atomic mass is 9.66. The Bertz CT molecular complexity index is 1030. The quantitative estimate of drug-likeness (QED) is 0.640. The highest BCUT2D eigenvalue weighted by molar-refractivity contribution is 7.91. The second kappa shape index (κ2) is 6.54. The molecule has 2 atom stereocenters. The topological polar surface area (TPSA) is 84.0 Å². The van der Waals surface area contributed by atoms with Crippen LogP contribution in [0.25, 0.3) is 0 Å². The number of carbonyl (C=O) groups excluding carboxylic acids is 2. The molecule has 9 heteroatoms. The monoisotopic (exact) mass is 466 g/mol. The molecular weight excluding hydrogens is 436 g/mol. The van der Waals surface area contributed by atoms with E-state index in [2.05, 4.69) is 0 Å². The number of piperidine rings is 1. The summed E-state index contributed by atoms with van der Waals surface area (Å²) in [4.78, 5) is 28.1. The summed E-state index contributed by atoms with van der Waals surface area (Å²) < 4.78 is 33.5. The molecule has 2 unspecified atom stereocenters. The number of rotatable bonds is 3. The Balaban J connectivity index is 1.29. The molecule has 31 heavy (non-hydrogen) atoms. The van der Waals surface area contributed by atoms with Gasteiger partial charge in [0.2, 0.25) is 0 Å². The third kappa shape index (κ3) is 2.69. The van der Waals surface area contributed by atoms with Crippen molar-refractivity contribution in [3.8, 4) is 0 Å². The highest BCUT2D eigenvalue weighted by Gasteiger charge is 2.76. The van der Waals surface area contributed by atoms with Crippen molar-refractivity contribution >= 4 is 33.2 Å². The van der Waals surface area contributed by atoms with Crippen LogP contribution in [0, 0.1) is 16.2 Å². The first-order valence-electron chi connectivity index (χ1n) is 11.0. The summed E-state index contributed by atoms with van der Waals surface area (Å²) in [5.74, 6) is -0.310. The van der Waals surface area contributed by atoms with Crippen LogP contribution in [0.3, 0.4) is 0 Å². The van der Waals surface area contributed by atoms with Crippen LogP contribution in [0.5, 0.6) is 0 Å². The van der Waals surface area contributed by atoms with Crippen LogP contribution in [-0.4, -0.2) is 61.3 Å². The van der Waals surface area contributed by atoms with Gasteiger partial charge in [-0.2, -0.15) is 4.31 Å². The largest absolute Gasteiger partial charge is 0.448 e. The summed E-state index contributed by atoms with van der Waals surface area (Å²) >= 11 is 1.25. The van der Waals surface area contributed by atoms with E-state index in [0.717, 1.165) is 19.3 Å². The van der Waals surface area contributed by atoms with Gasteiger partial charge in [0.25, 0.3) is 15.9 Å². The molecule has 4 aliphatic rings. The van der Waals surface area contributed by atoms with Crippen molar-refractivity contribution < 1.29 is 22.7 Å². The summed E-state index contributed by atoms with van der Waals surface area (Å²) in [6, 6.07) is 3.41. The maximum Gasteiger partial charge on any atom is 0.313 e. The molecular formula is C22H30N2O5S2. The number of nitrogens with zero attached hydrogens (tertiary/aromatic N) is 2. The molecule has 3 saturated heterocycles. The lowest BCUT2D eigenvalue weighted by Gasteiger charge is -2.40. The van der Waals surface area contributed by atoms with E-state index in [9.17, 15) is 18.0 Å². The smallest absolute Gasteiger partial charge is 0.313 e. The van der Waals surface area contributed by atoms with E-state index in [0.29, 0.717) is 43.2 Å². The van der Waals surface area contributed by atoms with E-state index < -0.39 is 26.5 Å². The Kier molecular flexibility index (Phi) is 4.52. The number of hydrogen-bond acceptors (Lipinski definition) is 6. The fraction of sp³-hybridized carbons (Fsp3) is 0.727. The Morgan fingerprint density at radius 3 is 2.29 bits per heavy atom. The van der Waals surface area contributed by atoms with Gasteiger partial charge in [0.1, 0.15) is 4.21 Å². The van der Waals surface area contributed by atoms with Gasteiger partial charge in [-0.1, -0.05) is 19.9 Å². The van der Waals surface area contributed by atoms with Crippen molar-refractivity contribution in [1.82, 2.24) is 9.21 Å². The summed E-state index contributed by atoms with van der Waals surface area (Å²) in [7, 11) is -3.43. The minimum atomic E-state index is -3.43. The zero-order chi connectivity index (χ0) is 22.3. The lowest BCUT2D eigenvalue weighted by molar-refractivity contribution is -0.173. The van der Waals surface area contributed by atoms with E-state index >= 15 is 0 Å². The molecule has 1 saturated carbocycles. The van der Waals surface area contributed by atoms with Crippen LogP contribution in [-0.2, 0) is 24.3 Å². The zero-order valence-electron chi connectivity index (χ0n) is 18.3. The first-order chi connectivity index (χ1) is 14.5. The van der Waals surface area contributed by atoms with Crippen LogP contribution >= 0.6 is 11.3 Å². The highest BCUT2D eigenvalue weighted by atomic mass is 32.2. The number of hydrogen-bond donors (Lipinski definition) is 0. The number of ether oxygens (including phenoxy) is 1.